The number of halogens is 4. The maximum absolute atomic E-state index is 12.0. The summed E-state index contributed by atoms with van der Waals surface area (Å²) in [5, 5.41) is 6.80. The first-order valence-corrected chi connectivity index (χ1v) is 7.77. The highest BCUT2D eigenvalue weighted by atomic mass is 79.9. The third-order valence-electron chi connectivity index (χ3n) is 2.62. The van der Waals surface area contributed by atoms with Gasteiger partial charge in [-0.1, -0.05) is 34.8 Å². The quantitative estimate of drug-likeness (QED) is 0.596. The molecule has 2 N–H and O–H groups in total. The zero-order valence-corrected chi connectivity index (χ0v) is 14.7. The SMILES string of the molecule is Cc1cc(Br)c(NC(=O)Nc2cc(Cl)cc(Cl)c2)cc1Cl. The summed E-state index contributed by atoms with van der Waals surface area (Å²) in [6.45, 7) is 1.88. The number of aryl methyl sites for hydroxylation is 1. The zero-order valence-electron chi connectivity index (χ0n) is 10.8. The van der Waals surface area contributed by atoms with E-state index < -0.39 is 6.03 Å². The van der Waals surface area contributed by atoms with Gasteiger partial charge in [-0.25, -0.2) is 4.79 Å². The Morgan fingerprint density at radius 2 is 1.62 bits per heavy atom. The van der Waals surface area contributed by atoms with Crippen molar-refractivity contribution >= 4 is 68.1 Å². The minimum absolute atomic E-state index is 0.422. The van der Waals surface area contributed by atoms with E-state index in [1.807, 2.05) is 13.0 Å². The second kappa shape index (κ2) is 6.88. The second-order valence-electron chi connectivity index (χ2n) is 4.32. The van der Waals surface area contributed by atoms with Crippen molar-refractivity contribution in [1.29, 1.82) is 0 Å². The number of anilines is 2. The van der Waals surface area contributed by atoms with Crippen molar-refractivity contribution in [3.63, 3.8) is 0 Å². The largest absolute Gasteiger partial charge is 0.323 e. The van der Waals surface area contributed by atoms with Gasteiger partial charge in [-0.15, -0.1) is 0 Å². The number of nitrogens with one attached hydrogen (secondary N) is 2. The smallest absolute Gasteiger partial charge is 0.308 e. The van der Waals surface area contributed by atoms with Gasteiger partial charge in [0.15, 0.2) is 0 Å². The Labute approximate surface area is 145 Å². The molecule has 0 aliphatic carbocycles. The molecule has 110 valence electrons. The molecule has 0 saturated carbocycles. The molecule has 0 fully saturated rings. The van der Waals surface area contributed by atoms with Crippen LogP contribution >= 0.6 is 50.7 Å². The van der Waals surface area contributed by atoms with Gasteiger partial charge < -0.3 is 10.6 Å². The van der Waals surface area contributed by atoms with Crippen LogP contribution in [0, 0.1) is 6.92 Å². The molecule has 2 aromatic rings. The fraction of sp³-hybridized carbons (Fsp3) is 0.0714. The van der Waals surface area contributed by atoms with E-state index in [1.165, 1.54) is 0 Å². The monoisotopic (exact) mass is 406 g/mol. The van der Waals surface area contributed by atoms with E-state index in [9.17, 15) is 4.79 Å². The summed E-state index contributed by atoms with van der Waals surface area (Å²) >= 11 is 21.2. The number of hydrogen-bond acceptors (Lipinski definition) is 1. The maximum atomic E-state index is 12.0. The lowest BCUT2D eigenvalue weighted by atomic mass is 10.2. The topological polar surface area (TPSA) is 41.1 Å². The molecule has 0 aliphatic rings. The molecular weight excluding hydrogens is 398 g/mol. The van der Waals surface area contributed by atoms with Gasteiger partial charge in [0.2, 0.25) is 0 Å². The van der Waals surface area contributed by atoms with Gasteiger partial charge in [0, 0.05) is 25.2 Å². The van der Waals surface area contributed by atoms with E-state index in [1.54, 1.807) is 24.3 Å². The van der Waals surface area contributed by atoms with Gasteiger partial charge in [0.25, 0.3) is 0 Å². The van der Waals surface area contributed by atoms with Crippen LogP contribution < -0.4 is 10.6 Å². The molecule has 0 unspecified atom stereocenters. The molecule has 3 nitrogen and oxygen atoms in total. The van der Waals surface area contributed by atoms with Crippen LogP contribution in [0.5, 0.6) is 0 Å². The summed E-state index contributed by atoms with van der Waals surface area (Å²) in [6.07, 6.45) is 0. The molecule has 0 aromatic heterocycles. The molecule has 0 aliphatic heterocycles. The van der Waals surface area contributed by atoms with E-state index >= 15 is 0 Å². The predicted molar refractivity (Wildman–Crippen MR) is 93.0 cm³/mol. The minimum atomic E-state index is -0.422. The van der Waals surface area contributed by atoms with Crippen molar-refractivity contribution in [2.75, 3.05) is 10.6 Å². The third kappa shape index (κ3) is 4.51. The Balaban J connectivity index is 2.13. The summed E-state index contributed by atoms with van der Waals surface area (Å²) in [7, 11) is 0. The molecule has 2 aromatic carbocycles. The van der Waals surface area contributed by atoms with Crippen molar-refractivity contribution < 1.29 is 4.79 Å². The van der Waals surface area contributed by atoms with Crippen molar-refractivity contribution in [1.82, 2.24) is 0 Å². The Morgan fingerprint density at radius 3 is 2.24 bits per heavy atom. The molecule has 2 rings (SSSR count). The molecular formula is C14H10BrCl3N2O. The number of urea groups is 1. The number of amides is 2. The van der Waals surface area contributed by atoms with E-state index in [0.29, 0.717) is 26.4 Å². The summed E-state index contributed by atoms with van der Waals surface area (Å²) in [5.41, 5.74) is 1.98. The van der Waals surface area contributed by atoms with Gasteiger partial charge in [-0.3, -0.25) is 0 Å². The second-order valence-corrected chi connectivity index (χ2v) is 6.45. The van der Waals surface area contributed by atoms with Crippen LogP contribution in [0.1, 0.15) is 5.56 Å². The van der Waals surface area contributed by atoms with Gasteiger partial charge in [-0.2, -0.15) is 0 Å². The molecule has 0 spiro atoms. The molecule has 0 heterocycles. The average Bonchev–Trinajstić information content (AvgIpc) is 2.34. The van der Waals surface area contributed by atoms with Crippen LogP contribution in [0.3, 0.4) is 0 Å². The summed E-state index contributed by atoms with van der Waals surface area (Å²) < 4.78 is 0.740. The molecule has 0 radical (unpaired) electrons. The third-order valence-corrected chi connectivity index (χ3v) is 4.12. The van der Waals surface area contributed by atoms with Crippen molar-refractivity contribution in [3.8, 4) is 0 Å². The molecule has 7 heteroatoms. The van der Waals surface area contributed by atoms with E-state index in [2.05, 4.69) is 26.6 Å². The molecule has 2 amide bonds. The van der Waals surface area contributed by atoms with Gasteiger partial charge in [0.05, 0.1) is 5.69 Å². The lowest BCUT2D eigenvalue weighted by Crippen LogP contribution is -2.19. The normalized spacial score (nSPS) is 10.3. The first-order valence-electron chi connectivity index (χ1n) is 5.85. The van der Waals surface area contributed by atoms with Crippen LogP contribution in [-0.2, 0) is 0 Å². The van der Waals surface area contributed by atoms with Crippen LogP contribution in [0.25, 0.3) is 0 Å². The predicted octanol–water partition coefficient (Wildman–Crippen LogP) is 6.36. The van der Waals surface area contributed by atoms with Crippen LogP contribution in [0.2, 0.25) is 15.1 Å². The van der Waals surface area contributed by atoms with Gasteiger partial charge >= 0.3 is 6.03 Å². The fourth-order valence-electron chi connectivity index (χ4n) is 1.65. The van der Waals surface area contributed by atoms with Crippen LogP contribution in [0.4, 0.5) is 16.2 Å². The first kappa shape index (κ1) is 16.4. The van der Waals surface area contributed by atoms with Crippen LogP contribution in [-0.4, -0.2) is 6.03 Å². The Hall–Kier alpha value is -0.940. The molecule has 0 atom stereocenters. The number of rotatable bonds is 2. The van der Waals surface area contributed by atoms with Crippen molar-refractivity contribution in [2.45, 2.75) is 6.92 Å². The van der Waals surface area contributed by atoms with Gasteiger partial charge in [0.1, 0.15) is 0 Å². The standard InChI is InChI=1S/C14H10BrCl3N2O/c1-7-2-11(15)13(6-12(7)18)20-14(21)19-10-4-8(16)3-9(17)5-10/h2-6H,1H3,(H2,19,20,21). The minimum Gasteiger partial charge on any atom is -0.308 e. The van der Waals surface area contributed by atoms with E-state index in [-0.39, 0.29) is 0 Å². The van der Waals surface area contributed by atoms with Crippen molar-refractivity contribution in [2.24, 2.45) is 0 Å². The summed E-state index contributed by atoms with van der Waals surface area (Å²) in [6, 6.07) is 7.87. The highest BCUT2D eigenvalue weighted by Gasteiger charge is 2.09. The Morgan fingerprint density at radius 1 is 1.00 bits per heavy atom. The van der Waals surface area contributed by atoms with Crippen molar-refractivity contribution in [3.05, 3.63) is 55.4 Å². The number of benzene rings is 2. The van der Waals surface area contributed by atoms with E-state index in [0.717, 1.165) is 10.0 Å². The lowest BCUT2D eigenvalue weighted by molar-refractivity contribution is 0.262. The average molecular weight is 409 g/mol. The highest BCUT2D eigenvalue weighted by Crippen LogP contribution is 2.29. The number of carbonyl (C=O) groups is 1. The Kier molecular flexibility index (Phi) is 5.38. The van der Waals surface area contributed by atoms with Gasteiger partial charge in [-0.05, 0) is 58.7 Å². The highest BCUT2D eigenvalue weighted by molar-refractivity contribution is 9.10. The molecule has 0 saturated heterocycles. The van der Waals surface area contributed by atoms with Crippen LogP contribution in [0.15, 0.2) is 34.8 Å². The van der Waals surface area contributed by atoms with E-state index in [4.69, 9.17) is 34.8 Å². The molecule has 0 bridgehead atoms. The fourth-order valence-corrected chi connectivity index (χ4v) is 2.90. The lowest BCUT2D eigenvalue weighted by Gasteiger charge is -2.11. The summed E-state index contributed by atoms with van der Waals surface area (Å²) in [4.78, 5) is 12.0. The first-order chi connectivity index (χ1) is 9.85. The number of carbonyl (C=O) groups excluding carboxylic acids is 1. The Bertz CT molecular complexity index is 687. The zero-order chi connectivity index (χ0) is 15.6. The molecule has 21 heavy (non-hydrogen) atoms. The number of hydrogen-bond donors (Lipinski definition) is 2. The summed E-state index contributed by atoms with van der Waals surface area (Å²) in [5.74, 6) is 0. The maximum Gasteiger partial charge on any atom is 0.323 e.